The molecule has 4 heteroatoms. The molecule has 0 unspecified atom stereocenters. The Labute approximate surface area is 110 Å². The summed E-state index contributed by atoms with van der Waals surface area (Å²) < 4.78 is 1.85. The molecule has 0 saturated heterocycles. The molecule has 1 aromatic rings. The summed E-state index contributed by atoms with van der Waals surface area (Å²) in [5.41, 5.74) is 0.797. The Morgan fingerprint density at radius 3 is 2.39 bits per heavy atom. The van der Waals surface area contributed by atoms with Crippen LogP contribution < -0.4 is 5.32 Å². The summed E-state index contributed by atoms with van der Waals surface area (Å²) in [7, 11) is 0. The number of carbonyl (C=O) groups is 1. The normalized spacial score (nSPS) is 11.2. The fourth-order valence-electron chi connectivity index (χ4n) is 2.03. The molecule has 1 N–H and O–H groups in total. The van der Waals surface area contributed by atoms with Gasteiger partial charge in [0, 0.05) is 18.2 Å². The molecule has 0 aliphatic rings. The number of rotatable bonds is 7. The van der Waals surface area contributed by atoms with E-state index in [0.717, 1.165) is 31.4 Å². The molecule has 0 aliphatic carbocycles. The quantitative estimate of drug-likeness (QED) is 0.804. The van der Waals surface area contributed by atoms with Crippen molar-refractivity contribution in [1.82, 2.24) is 9.78 Å². The number of nitrogens with zero attached hydrogens (tertiary/aromatic N) is 2. The molecule has 0 atom stereocenters. The molecule has 0 aromatic carbocycles. The number of hydrogen-bond donors (Lipinski definition) is 1. The Morgan fingerprint density at radius 1 is 1.33 bits per heavy atom. The lowest BCUT2D eigenvalue weighted by molar-refractivity contribution is -0.120. The molecule has 1 rings (SSSR count). The van der Waals surface area contributed by atoms with Gasteiger partial charge in [0.05, 0.1) is 11.9 Å². The summed E-state index contributed by atoms with van der Waals surface area (Å²) in [6.07, 6.45) is 7.60. The van der Waals surface area contributed by atoms with Gasteiger partial charge in [0.15, 0.2) is 0 Å². The lowest BCUT2D eigenvalue weighted by atomic mass is 9.97. The first-order valence-corrected chi connectivity index (χ1v) is 6.93. The highest BCUT2D eigenvalue weighted by atomic mass is 16.1. The molecule has 0 radical (unpaired) electrons. The predicted molar refractivity (Wildman–Crippen MR) is 74.5 cm³/mol. The molecule has 0 spiro atoms. The average molecular weight is 251 g/mol. The zero-order valence-corrected chi connectivity index (χ0v) is 11.9. The molecular weight excluding hydrogens is 226 g/mol. The van der Waals surface area contributed by atoms with Crippen molar-refractivity contribution in [3.05, 3.63) is 12.4 Å². The van der Waals surface area contributed by atoms with Crippen LogP contribution >= 0.6 is 0 Å². The highest BCUT2D eigenvalue weighted by molar-refractivity contribution is 5.92. The van der Waals surface area contributed by atoms with Gasteiger partial charge in [-0.2, -0.15) is 5.10 Å². The van der Waals surface area contributed by atoms with E-state index >= 15 is 0 Å². The second kappa shape index (κ2) is 7.19. The van der Waals surface area contributed by atoms with Crippen LogP contribution in [0.1, 0.15) is 59.4 Å². The van der Waals surface area contributed by atoms with E-state index in [1.165, 1.54) is 0 Å². The van der Waals surface area contributed by atoms with Gasteiger partial charge in [-0.15, -0.1) is 0 Å². The molecule has 0 bridgehead atoms. The summed E-state index contributed by atoms with van der Waals surface area (Å²) in [5.74, 6) is 0.254. The van der Waals surface area contributed by atoms with Crippen molar-refractivity contribution in [2.75, 3.05) is 5.32 Å². The Balaban J connectivity index is 2.60. The van der Waals surface area contributed by atoms with Crippen molar-refractivity contribution in [3.8, 4) is 0 Å². The zero-order valence-electron chi connectivity index (χ0n) is 11.9. The number of carbonyl (C=O) groups excluding carboxylic acids is 1. The second-order valence-electron chi connectivity index (χ2n) is 5.07. The van der Waals surface area contributed by atoms with E-state index in [1.54, 1.807) is 6.20 Å². The highest BCUT2D eigenvalue weighted by Crippen LogP contribution is 2.17. The summed E-state index contributed by atoms with van der Waals surface area (Å²) in [4.78, 5) is 12.1. The van der Waals surface area contributed by atoms with Crippen LogP contribution in [0.3, 0.4) is 0 Å². The van der Waals surface area contributed by atoms with Crippen molar-refractivity contribution >= 4 is 11.6 Å². The van der Waals surface area contributed by atoms with Crippen LogP contribution in [0.15, 0.2) is 12.4 Å². The summed E-state index contributed by atoms with van der Waals surface area (Å²) in [6, 6.07) is 0.317. The van der Waals surface area contributed by atoms with Gasteiger partial charge in [-0.1, -0.05) is 26.7 Å². The van der Waals surface area contributed by atoms with Crippen molar-refractivity contribution in [2.24, 2.45) is 5.92 Å². The molecule has 1 heterocycles. The van der Waals surface area contributed by atoms with Crippen LogP contribution in [0.2, 0.25) is 0 Å². The topological polar surface area (TPSA) is 46.9 Å². The van der Waals surface area contributed by atoms with Gasteiger partial charge in [0.2, 0.25) is 5.91 Å². The summed E-state index contributed by atoms with van der Waals surface area (Å²) >= 11 is 0. The monoisotopic (exact) mass is 251 g/mol. The largest absolute Gasteiger partial charge is 0.323 e. The maximum absolute atomic E-state index is 12.1. The Kier molecular flexibility index (Phi) is 5.89. The third-order valence-corrected chi connectivity index (χ3v) is 3.04. The van der Waals surface area contributed by atoms with Gasteiger partial charge in [-0.25, -0.2) is 0 Å². The number of hydrogen-bond acceptors (Lipinski definition) is 2. The minimum absolute atomic E-state index is 0.127. The third kappa shape index (κ3) is 4.17. The van der Waals surface area contributed by atoms with Gasteiger partial charge in [0.1, 0.15) is 0 Å². The molecule has 1 aromatic heterocycles. The van der Waals surface area contributed by atoms with Crippen LogP contribution in [0, 0.1) is 5.92 Å². The van der Waals surface area contributed by atoms with Gasteiger partial charge in [0.25, 0.3) is 0 Å². The summed E-state index contributed by atoms with van der Waals surface area (Å²) in [6.45, 7) is 8.37. The van der Waals surface area contributed by atoms with E-state index in [-0.39, 0.29) is 11.8 Å². The average Bonchev–Trinajstić information content (AvgIpc) is 2.77. The van der Waals surface area contributed by atoms with Crippen LogP contribution in [0.25, 0.3) is 0 Å². The molecule has 4 nitrogen and oxygen atoms in total. The van der Waals surface area contributed by atoms with Crippen LogP contribution in [-0.2, 0) is 4.79 Å². The summed E-state index contributed by atoms with van der Waals surface area (Å²) in [5, 5.41) is 7.19. The van der Waals surface area contributed by atoms with Crippen molar-refractivity contribution in [1.29, 1.82) is 0 Å². The van der Waals surface area contributed by atoms with Crippen molar-refractivity contribution in [3.63, 3.8) is 0 Å². The number of aromatic nitrogens is 2. The fraction of sp³-hybridized carbons (Fsp3) is 0.714. The van der Waals surface area contributed by atoms with E-state index < -0.39 is 0 Å². The molecule has 102 valence electrons. The zero-order chi connectivity index (χ0) is 13.5. The van der Waals surface area contributed by atoms with Gasteiger partial charge < -0.3 is 5.32 Å². The van der Waals surface area contributed by atoms with Crippen LogP contribution in [0.5, 0.6) is 0 Å². The molecule has 0 fully saturated rings. The second-order valence-corrected chi connectivity index (χ2v) is 5.07. The number of nitrogens with one attached hydrogen (secondary N) is 1. The first-order valence-electron chi connectivity index (χ1n) is 6.93. The highest BCUT2D eigenvalue weighted by Gasteiger charge is 2.17. The third-order valence-electron chi connectivity index (χ3n) is 3.04. The van der Waals surface area contributed by atoms with Gasteiger partial charge in [-0.3, -0.25) is 9.48 Å². The molecule has 0 saturated carbocycles. The van der Waals surface area contributed by atoms with Crippen LogP contribution in [-0.4, -0.2) is 15.7 Å². The number of amides is 1. The van der Waals surface area contributed by atoms with E-state index in [0.29, 0.717) is 6.04 Å². The van der Waals surface area contributed by atoms with Crippen LogP contribution in [0.4, 0.5) is 5.69 Å². The maximum atomic E-state index is 12.1. The SMILES string of the molecule is CCCC(CCC)C(=O)Nc1cnn(C(C)C)c1. The van der Waals surface area contributed by atoms with Gasteiger partial charge >= 0.3 is 0 Å². The minimum atomic E-state index is 0.127. The van der Waals surface area contributed by atoms with Gasteiger partial charge in [-0.05, 0) is 26.7 Å². The molecule has 0 aliphatic heterocycles. The molecule has 1 amide bonds. The van der Waals surface area contributed by atoms with E-state index in [2.05, 4.69) is 38.1 Å². The Hall–Kier alpha value is -1.32. The van der Waals surface area contributed by atoms with E-state index in [1.807, 2.05) is 10.9 Å². The van der Waals surface area contributed by atoms with E-state index in [4.69, 9.17) is 0 Å². The standard InChI is InChI=1S/C14H25N3O/c1-5-7-12(8-6-2)14(18)16-13-9-15-17(10-13)11(3)4/h9-12H,5-8H2,1-4H3,(H,16,18). The minimum Gasteiger partial charge on any atom is -0.323 e. The van der Waals surface area contributed by atoms with E-state index in [9.17, 15) is 4.79 Å². The molecule has 18 heavy (non-hydrogen) atoms. The van der Waals surface area contributed by atoms with Crippen molar-refractivity contribution < 1.29 is 4.79 Å². The molecular formula is C14H25N3O. The number of anilines is 1. The lowest BCUT2D eigenvalue weighted by Crippen LogP contribution is -2.22. The Bertz CT molecular complexity index is 365. The fourth-order valence-corrected chi connectivity index (χ4v) is 2.03. The predicted octanol–water partition coefficient (Wildman–Crippen LogP) is 3.62. The Morgan fingerprint density at radius 2 is 1.94 bits per heavy atom. The lowest BCUT2D eigenvalue weighted by Gasteiger charge is -2.14. The first-order chi connectivity index (χ1) is 8.58. The smallest absolute Gasteiger partial charge is 0.227 e. The van der Waals surface area contributed by atoms with Crippen molar-refractivity contribution in [2.45, 2.75) is 59.4 Å². The maximum Gasteiger partial charge on any atom is 0.227 e. The first kappa shape index (κ1) is 14.7.